The number of carboxylic acid groups (broad SMARTS) is 1. The quantitative estimate of drug-likeness (QED) is 0.307. The van der Waals surface area contributed by atoms with Crippen molar-refractivity contribution in [1.29, 1.82) is 0 Å². The van der Waals surface area contributed by atoms with E-state index >= 15 is 0 Å². The van der Waals surface area contributed by atoms with Gasteiger partial charge >= 0.3 is 5.97 Å². The van der Waals surface area contributed by atoms with Crippen LogP contribution in [0.3, 0.4) is 0 Å². The van der Waals surface area contributed by atoms with Crippen LogP contribution in [0.25, 0.3) is 0 Å². The average Bonchev–Trinajstić information content (AvgIpc) is 3.24. The van der Waals surface area contributed by atoms with E-state index in [1.54, 1.807) is 16.8 Å². The van der Waals surface area contributed by atoms with Gasteiger partial charge in [-0.25, -0.2) is 35.2 Å². The lowest BCUT2D eigenvalue weighted by atomic mass is 10.2. The van der Waals surface area contributed by atoms with Crippen LogP contribution in [0.1, 0.15) is 15.9 Å². The lowest BCUT2D eigenvalue weighted by Crippen LogP contribution is -2.35. The summed E-state index contributed by atoms with van der Waals surface area (Å²) in [6.07, 6.45) is 0.0544. The summed E-state index contributed by atoms with van der Waals surface area (Å²) in [7, 11) is -5.27. The molecule has 2 aromatic carbocycles. The van der Waals surface area contributed by atoms with E-state index < -0.39 is 56.5 Å². The van der Waals surface area contributed by atoms with Crippen molar-refractivity contribution in [2.24, 2.45) is 0 Å². The standard InChI is InChI=1S/C19H12F5NO4S2/c20-13-14(21)16(23)18(17(24)15(13)22)31(28,29)25(7-5-10-6-8-30-9-10)12-3-1-11(2-4-12)19(26)27/h1-4,6,8-9H,5,7H2,(H,26,27). The zero-order chi connectivity index (χ0) is 22.9. The van der Waals surface area contributed by atoms with Gasteiger partial charge in [-0.2, -0.15) is 11.3 Å². The molecule has 31 heavy (non-hydrogen) atoms. The van der Waals surface area contributed by atoms with Crippen LogP contribution in [0.5, 0.6) is 0 Å². The SMILES string of the molecule is O=C(O)c1ccc(N(CCc2ccsc2)S(=O)(=O)c2c(F)c(F)c(F)c(F)c2F)cc1. The van der Waals surface area contributed by atoms with E-state index in [4.69, 9.17) is 5.11 Å². The monoisotopic (exact) mass is 477 g/mol. The summed E-state index contributed by atoms with van der Waals surface area (Å²) < 4.78 is 95.7. The van der Waals surface area contributed by atoms with Crippen molar-refractivity contribution in [3.05, 3.63) is 81.3 Å². The van der Waals surface area contributed by atoms with Crippen LogP contribution in [0.4, 0.5) is 27.6 Å². The minimum absolute atomic E-state index is 0.0544. The maximum atomic E-state index is 14.3. The van der Waals surface area contributed by atoms with Gasteiger partial charge in [-0.15, -0.1) is 0 Å². The highest BCUT2D eigenvalue weighted by Gasteiger charge is 2.37. The molecule has 0 saturated heterocycles. The third-order valence-corrected chi connectivity index (χ3v) is 6.88. The van der Waals surface area contributed by atoms with Crippen LogP contribution in [-0.4, -0.2) is 26.0 Å². The Morgan fingerprint density at radius 3 is 1.94 bits per heavy atom. The molecule has 1 aromatic heterocycles. The zero-order valence-corrected chi connectivity index (χ0v) is 16.9. The Hall–Kier alpha value is -2.99. The maximum Gasteiger partial charge on any atom is 0.335 e. The number of hydrogen-bond donors (Lipinski definition) is 1. The normalized spacial score (nSPS) is 11.5. The van der Waals surface area contributed by atoms with Gasteiger partial charge in [0.25, 0.3) is 10.0 Å². The van der Waals surface area contributed by atoms with Crippen LogP contribution in [0.15, 0.2) is 46.0 Å². The Labute approximate surface area is 177 Å². The predicted octanol–water partition coefficient (Wildman–Crippen LogP) is 4.58. The smallest absolute Gasteiger partial charge is 0.335 e. The van der Waals surface area contributed by atoms with Gasteiger partial charge in [0.1, 0.15) is 0 Å². The van der Waals surface area contributed by atoms with Crippen molar-refractivity contribution in [3.8, 4) is 0 Å². The van der Waals surface area contributed by atoms with Crippen LogP contribution >= 0.6 is 11.3 Å². The fraction of sp³-hybridized carbons (Fsp3) is 0.105. The van der Waals surface area contributed by atoms with Gasteiger partial charge in [0.2, 0.25) is 5.82 Å². The number of rotatable bonds is 7. The molecular formula is C19H12F5NO4S2. The summed E-state index contributed by atoms with van der Waals surface area (Å²) in [5.41, 5.74) is 0.254. The van der Waals surface area contributed by atoms with Crippen LogP contribution in [0.2, 0.25) is 0 Å². The van der Waals surface area contributed by atoms with Gasteiger partial charge in [-0.05, 0) is 53.1 Å². The molecule has 5 nitrogen and oxygen atoms in total. The Bertz CT molecular complexity index is 1200. The highest BCUT2D eigenvalue weighted by atomic mass is 32.2. The predicted molar refractivity (Wildman–Crippen MR) is 102 cm³/mol. The first-order valence-electron chi connectivity index (χ1n) is 8.44. The molecule has 0 bridgehead atoms. The minimum Gasteiger partial charge on any atom is -0.478 e. The molecule has 0 atom stereocenters. The average molecular weight is 477 g/mol. The number of carboxylic acids is 1. The number of benzene rings is 2. The number of anilines is 1. The molecule has 12 heteroatoms. The van der Waals surface area contributed by atoms with E-state index in [9.17, 15) is 35.2 Å². The minimum atomic E-state index is -5.27. The van der Waals surface area contributed by atoms with E-state index in [2.05, 4.69) is 0 Å². The van der Waals surface area contributed by atoms with Gasteiger partial charge < -0.3 is 5.11 Å². The number of sulfonamides is 1. The first kappa shape index (κ1) is 22.7. The zero-order valence-electron chi connectivity index (χ0n) is 15.3. The van der Waals surface area contributed by atoms with Crippen molar-refractivity contribution >= 4 is 33.0 Å². The molecule has 0 unspecified atom stereocenters. The lowest BCUT2D eigenvalue weighted by Gasteiger charge is -2.25. The second-order valence-electron chi connectivity index (χ2n) is 6.21. The van der Waals surface area contributed by atoms with Gasteiger partial charge in [0.05, 0.1) is 11.3 Å². The van der Waals surface area contributed by atoms with Gasteiger partial charge in [-0.1, -0.05) is 0 Å². The second-order valence-corrected chi connectivity index (χ2v) is 8.79. The molecule has 1 heterocycles. The highest BCUT2D eigenvalue weighted by molar-refractivity contribution is 7.92. The summed E-state index contributed by atoms with van der Waals surface area (Å²) >= 11 is 1.31. The summed E-state index contributed by atoms with van der Waals surface area (Å²) in [6, 6.07) is 5.87. The first-order valence-corrected chi connectivity index (χ1v) is 10.8. The number of halogens is 5. The van der Waals surface area contributed by atoms with Crippen molar-refractivity contribution < 1.29 is 40.3 Å². The summed E-state index contributed by atoms with van der Waals surface area (Å²) in [6.45, 7) is -0.412. The molecule has 3 rings (SSSR count). The highest BCUT2D eigenvalue weighted by Crippen LogP contribution is 2.32. The fourth-order valence-electron chi connectivity index (χ4n) is 2.75. The van der Waals surface area contributed by atoms with Gasteiger partial charge in [0.15, 0.2) is 28.2 Å². The van der Waals surface area contributed by atoms with Crippen molar-refractivity contribution in [1.82, 2.24) is 0 Å². The summed E-state index contributed by atoms with van der Waals surface area (Å²) in [5.74, 6) is -13.5. The number of nitrogens with zero attached hydrogens (tertiary/aromatic N) is 1. The molecule has 0 aliphatic carbocycles. The largest absolute Gasteiger partial charge is 0.478 e. The van der Waals surface area contributed by atoms with E-state index in [1.807, 2.05) is 0 Å². The molecule has 0 saturated carbocycles. The topological polar surface area (TPSA) is 74.7 Å². The molecule has 3 aromatic rings. The number of thiophene rings is 1. The van der Waals surface area contributed by atoms with E-state index in [0.29, 0.717) is 9.87 Å². The van der Waals surface area contributed by atoms with Gasteiger partial charge in [-0.3, -0.25) is 4.31 Å². The molecule has 1 N–H and O–H groups in total. The van der Waals surface area contributed by atoms with Gasteiger partial charge in [0, 0.05) is 6.54 Å². The maximum absolute atomic E-state index is 14.3. The molecule has 0 aliphatic rings. The van der Waals surface area contributed by atoms with Crippen molar-refractivity contribution in [2.45, 2.75) is 11.3 Å². The van der Waals surface area contributed by atoms with Crippen LogP contribution < -0.4 is 4.31 Å². The molecule has 0 spiro atoms. The molecule has 164 valence electrons. The second kappa shape index (κ2) is 8.63. The Balaban J connectivity index is 2.15. The molecule has 0 fully saturated rings. The van der Waals surface area contributed by atoms with E-state index in [-0.39, 0.29) is 17.7 Å². The van der Waals surface area contributed by atoms with Crippen molar-refractivity contribution in [2.75, 3.05) is 10.8 Å². The number of carbonyl (C=O) groups is 1. The molecule has 0 radical (unpaired) electrons. The first-order chi connectivity index (χ1) is 14.6. The Morgan fingerprint density at radius 1 is 0.903 bits per heavy atom. The third kappa shape index (κ3) is 4.26. The van der Waals surface area contributed by atoms with E-state index in [0.717, 1.165) is 24.3 Å². The molecular weight excluding hydrogens is 465 g/mol. The lowest BCUT2D eigenvalue weighted by molar-refractivity contribution is 0.0697. The molecule has 0 amide bonds. The Morgan fingerprint density at radius 2 is 1.45 bits per heavy atom. The van der Waals surface area contributed by atoms with Crippen LogP contribution in [0, 0.1) is 29.1 Å². The fourth-order valence-corrected chi connectivity index (χ4v) is 5.03. The molecule has 0 aliphatic heterocycles. The van der Waals surface area contributed by atoms with Crippen molar-refractivity contribution in [3.63, 3.8) is 0 Å². The summed E-state index contributed by atoms with van der Waals surface area (Å²) in [5, 5.41) is 12.4. The summed E-state index contributed by atoms with van der Waals surface area (Å²) in [4.78, 5) is 9.04. The number of hydrogen-bond acceptors (Lipinski definition) is 4. The van der Waals surface area contributed by atoms with E-state index in [1.165, 1.54) is 11.3 Å². The Kier molecular flexibility index (Phi) is 6.32. The third-order valence-electron chi connectivity index (χ3n) is 4.30. The van der Waals surface area contributed by atoms with Crippen LogP contribution in [-0.2, 0) is 16.4 Å². The number of aromatic carboxylic acids is 1.